The summed E-state index contributed by atoms with van der Waals surface area (Å²) < 4.78 is 10.7. The van der Waals surface area contributed by atoms with Gasteiger partial charge in [0.15, 0.2) is 10.9 Å². The number of aromatic nitrogens is 2. The van der Waals surface area contributed by atoms with Crippen molar-refractivity contribution in [1.29, 1.82) is 0 Å². The Hall–Kier alpha value is -2.94. The number of amides is 2. The van der Waals surface area contributed by atoms with Crippen LogP contribution in [0.15, 0.2) is 46.2 Å². The molecule has 8 nitrogen and oxygen atoms in total. The van der Waals surface area contributed by atoms with Crippen molar-refractivity contribution in [2.45, 2.75) is 12.1 Å². The Balaban J connectivity index is 1.29. The van der Waals surface area contributed by atoms with Crippen LogP contribution in [0.1, 0.15) is 17.5 Å². The second-order valence-electron chi connectivity index (χ2n) is 6.59. The molecule has 29 heavy (non-hydrogen) atoms. The molecule has 1 aliphatic rings. The van der Waals surface area contributed by atoms with E-state index >= 15 is 0 Å². The third-order valence-corrected chi connectivity index (χ3v) is 5.58. The van der Waals surface area contributed by atoms with Crippen LogP contribution in [-0.4, -0.2) is 70.1 Å². The van der Waals surface area contributed by atoms with Gasteiger partial charge in [0.25, 0.3) is 5.91 Å². The minimum atomic E-state index is -0.134. The van der Waals surface area contributed by atoms with E-state index in [4.69, 9.17) is 9.15 Å². The van der Waals surface area contributed by atoms with Gasteiger partial charge in [0.1, 0.15) is 5.75 Å². The second kappa shape index (κ2) is 8.60. The summed E-state index contributed by atoms with van der Waals surface area (Å²) >= 11 is 1.38. The number of carbonyl (C=O) groups is 2. The largest absolute Gasteiger partial charge is 0.494 e. The number of nitrogens with zero attached hydrogens (tertiary/aromatic N) is 3. The molecule has 1 aliphatic heterocycles. The number of nitrogens with one attached hydrogen (secondary N) is 1. The van der Waals surface area contributed by atoms with E-state index in [-0.39, 0.29) is 11.8 Å². The third kappa shape index (κ3) is 4.40. The van der Waals surface area contributed by atoms with Gasteiger partial charge in [-0.25, -0.2) is 4.98 Å². The maximum atomic E-state index is 12.6. The number of fused-ring (bicyclic) bond motifs is 1. The number of carbonyl (C=O) groups excluding carboxylic acids is 2. The Bertz CT molecular complexity index is 993. The van der Waals surface area contributed by atoms with Crippen molar-refractivity contribution >= 4 is 34.6 Å². The molecule has 0 radical (unpaired) electrons. The standard InChI is InChI=1S/C20H22N4O4S/c1-2-27-14-5-6-15-16(12-14)22-20(21-15)29-13-18(25)23-7-9-24(10-8-23)19(26)17-4-3-11-28-17/h3-6,11-12H,2,7-10,13H2,1H3,(H,21,22). The molecule has 9 heteroatoms. The van der Waals surface area contributed by atoms with Crippen LogP contribution in [0.25, 0.3) is 11.0 Å². The zero-order valence-electron chi connectivity index (χ0n) is 16.1. The lowest BCUT2D eigenvalue weighted by Gasteiger charge is -2.34. The first-order valence-corrected chi connectivity index (χ1v) is 10.5. The van der Waals surface area contributed by atoms with Crippen molar-refractivity contribution in [2.75, 3.05) is 38.5 Å². The Kier molecular flexibility index (Phi) is 5.75. The maximum absolute atomic E-state index is 12.6. The fourth-order valence-corrected chi connectivity index (χ4v) is 4.01. The van der Waals surface area contributed by atoms with E-state index in [1.807, 2.05) is 25.1 Å². The molecule has 2 aromatic heterocycles. The second-order valence-corrected chi connectivity index (χ2v) is 7.56. The van der Waals surface area contributed by atoms with Gasteiger partial charge in [0.2, 0.25) is 5.91 Å². The third-order valence-electron chi connectivity index (χ3n) is 4.73. The van der Waals surface area contributed by atoms with Gasteiger partial charge in [-0.15, -0.1) is 0 Å². The smallest absolute Gasteiger partial charge is 0.289 e. The number of benzene rings is 1. The molecule has 0 atom stereocenters. The van der Waals surface area contributed by atoms with Gasteiger partial charge in [0, 0.05) is 32.2 Å². The molecule has 0 aliphatic carbocycles. The molecule has 1 N–H and O–H groups in total. The van der Waals surface area contributed by atoms with E-state index in [1.165, 1.54) is 18.0 Å². The minimum Gasteiger partial charge on any atom is -0.494 e. The summed E-state index contributed by atoms with van der Waals surface area (Å²) in [6, 6.07) is 9.04. The molecule has 0 saturated carbocycles. The van der Waals surface area contributed by atoms with Crippen molar-refractivity contribution < 1.29 is 18.7 Å². The van der Waals surface area contributed by atoms with Crippen LogP contribution >= 0.6 is 11.8 Å². The zero-order chi connectivity index (χ0) is 20.2. The van der Waals surface area contributed by atoms with E-state index in [0.29, 0.717) is 49.5 Å². The molecule has 4 rings (SSSR count). The number of hydrogen-bond acceptors (Lipinski definition) is 6. The van der Waals surface area contributed by atoms with Crippen LogP contribution in [-0.2, 0) is 4.79 Å². The predicted octanol–water partition coefficient (Wildman–Crippen LogP) is 2.63. The van der Waals surface area contributed by atoms with Crippen molar-refractivity contribution in [2.24, 2.45) is 0 Å². The molecule has 0 unspecified atom stereocenters. The number of H-pyrrole nitrogens is 1. The highest BCUT2D eigenvalue weighted by atomic mass is 32.2. The highest BCUT2D eigenvalue weighted by Crippen LogP contribution is 2.23. The van der Waals surface area contributed by atoms with Crippen LogP contribution in [0, 0.1) is 0 Å². The van der Waals surface area contributed by atoms with E-state index in [0.717, 1.165) is 16.8 Å². The average molecular weight is 414 g/mol. The van der Waals surface area contributed by atoms with Gasteiger partial charge in [0.05, 0.1) is 29.7 Å². The van der Waals surface area contributed by atoms with Crippen LogP contribution < -0.4 is 4.74 Å². The number of furan rings is 1. The van der Waals surface area contributed by atoms with E-state index in [9.17, 15) is 9.59 Å². The Labute approximate surface area is 172 Å². The van der Waals surface area contributed by atoms with Gasteiger partial charge in [-0.2, -0.15) is 0 Å². The van der Waals surface area contributed by atoms with Crippen molar-refractivity contribution in [3.05, 3.63) is 42.4 Å². The number of hydrogen-bond donors (Lipinski definition) is 1. The van der Waals surface area contributed by atoms with E-state index in [1.54, 1.807) is 21.9 Å². The van der Waals surface area contributed by atoms with E-state index < -0.39 is 0 Å². The topological polar surface area (TPSA) is 91.7 Å². The fraction of sp³-hybridized carbons (Fsp3) is 0.350. The van der Waals surface area contributed by atoms with Crippen molar-refractivity contribution in [3.63, 3.8) is 0 Å². The summed E-state index contributed by atoms with van der Waals surface area (Å²) in [5.41, 5.74) is 1.73. The molecule has 3 aromatic rings. The van der Waals surface area contributed by atoms with Crippen LogP contribution in [0.2, 0.25) is 0 Å². The Morgan fingerprint density at radius 2 is 2.00 bits per heavy atom. The first kappa shape index (κ1) is 19.4. The first-order valence-electron chi connectivity index (χ1n) is 9.50. The number of ether oxygens (including phenoxy) is 1. The summed E-state index contributed by atoms with van der Waals surface area (Å²) in [7, 11) is 0. The van der Waals surface area contributed by atoms with E-state index in [2.05, 4.69) is 9.97 Å². The molecule has 1 fully saturated rings. The zero-order valence-corrected chi connectivity index (χ0v) is 16.9. The lowest BCUT2D eigenvalue weighted by Crippen LogP contribution is -2.51. The SMILES string of the molecule is CCOc1ccc2nc(SCC(=O)N3CCN(C(=O)c4ccco4)CC3)[nH]c2c1. The van der Waals surface area contributed by atoms with Gasteiger partial charge >= 0.3 is 0 Å². The fourth-order valence-electron chi connectivity index (χ4n) is 3.23. The number of imidazole rings is 1. The summed E-state index contributed by atoms with van der Waals surface area (Å²) in [5.74, 6) is 1.32. The lowest BCUT2D eigenvalue weighted by atomic mass is 10.3. The normalized spacial score (nSPS) is 14.4. The summed E-state index contributed by atoms with van der Waals surface area (Å²) in [4.78, 5) is 36.1. The van der Waals surface area contributed by atoms with Crippen LogP contribution in [0.3, 0.4) is 0 Å². The Morgan fingerprint density at radius 3 is 2.72 bits per heavy atom. The maximum Gasteiger partial charge on any atom is 0.289 e. The molecule has 1 aromatic carbocycles. The molecule has 0 spiro atoms. The van der Waals surface area contributed by atoms with Gasteiger partial charge in [-0.1, -0.05) is 11.8 Å². The monoisotopic (exact) mass is 414 g/mol. The molecule has 2 amide bonds. The molecular formula is C20H22N4O4S. The minimum absolute atomic E-state index is 0.0376. The molecule has 0 bridgehead atoms. The van der Waals surface area contributed by atoms with Crippen molar-refractivity contribution in [1.82, 2.24) is 19.8 Å². The number of thioether (sulfide) groups is 1. The van der Waals surface area contributed by atoms with Gasteiger partial charge < -0.3 is 23.9 Å². The summed E-state index contributed by atoms with van der Waals surface area (Å²) in [6.45, 7) is 4.59. The number of aromatic amines is 1. The van der Waals surface area contributed by atoms with Crippen molar-refractivity contribution in [3.8, 4) is 5.75 Å². The lowest BCUT2D eigenvalue weighted by molar-refractivity contribution is -0.129. The quantitative estimate of drug-likeness (QED) is 0.624. The predicted molar refractivity (Wildman–Crippen MR) is 109 cm³/mol. The Morgan fingerprint density at radius 1 is 1.21 bits per heavy atom. The van der Waals surface area contributed by atoms with Crippen LogP contribution in [0.4, 0.5) is 0 Å². The van der Waals surface area contributed by atoms with Crippen LogP contribution in [0.5, 0.6) is 5.75 Å². The van der Waals surface area contributed by atoms with Gasteiger partial charge in [-0.05, 0) is 31.2 Å². The highest BCUT2D eigenvalue weighted by Gasteiger charge is 2.26. The molecule has 1 saturated heterocycles. The molecular weight excluding hydrogens is 392 g/mol. The number of piperazine rings is 1. The average Bonchev–Trinajstić information content (AvgIpc) is 3.41. The molecule has 3 heterocycles. The summed E-state index contributed by atoms with van der Waals surface area (Å²) in [5, 5.41) is 0.702. The molecule has 152 valence electrons. The number of rotatable bonds is 6. The summed E-state index contributed by atoms with van der Waals surface area (Å²) in [6.07, 6.45) is 1.49. The first-order chi connectivity index (χ1) is 14.1. The van der Waals surface area contributed by atoms with Gasteiger partial charge in [-0.3, -0.25) is 9.59 Å². The highest BCUT2D eigenvalue weighted by molar-refractivity contribution is 7.99.